The van der Waals surface area contributed by atoms with E-state index in [1.54, 1.807) is 6.07 Å². The molecule has 0 fully saturated rings. The lowest BCUT2D eigenvalue weighted by molar-refractivity contribution is 0.0690. The van der Waals surface area contributed by atoms with Gasteiger partial charge in [-0.05, 0) is 19.1 Å². The van der Waals surface area contributed by atoms with Crippen molar-refractivity contribution in [3.05, 3.63) is 41.7 Å². The van der Waals surface area contributed by atoms with E-state index in [1.165, 1.54) is 0 Å². The molecule has 17 heavy (non-hydrogen) atoms. The third-order valence-corrected chi connectivity index (χ3v) is 2.89. The molecule has 0 saturated heterocycles. The van der Waals surface area contributed by atoms with Crippen molar-refractivity contribution in [1.29, 1.82) is 0 Å². The number of aromatic nitrogens is 2. The van der Waals surface area contributed by atoms with Crippen LogP contribution in [0.1, 0.15) is 16.2 Å². The highest BCUT2D eigenvalue weighted by atomic mass is 16.4. The van der Waals surface area contributed by atoms with Crippen LogP contribution in [-0.2, 0) is 0 Å². The van der Waals surface area contributed by atoms with Crippen molar-refractivity contribution in [2.45, 2.75) is 6.92 Å². The van der Waals surface area contributed by atoms with E-state index < -0.39 is 5.97 Å². The van der Waals surface area contributed by atoms with Crippen molar-refractivity contribution in [3.63, 3.8) is 0 Å². The Morgan fingerprint density at radius 2 is 2.06 bits per heavy atom. The lowest BCUT2D eigenvalue weighted by Crippen LogP contribution is -2.01. The second-order valence-corrected chi connectivity index (χ2v) is 3.99. The number of fused-ring (bicyclic) bond motifs is 3. The molecule has 4 nitrogen and oxygen atoms in total. The number of pyridine rings is 1. The molecule has 4 heteroatoms. The highest BCUT2D eigenvalue weighted by Crippen LogP contribution is 2.27. The van der Waals surface area contributed by atoms with E-state index in [9.17, 15) is 4.79 Å². The van der Waals surface area contributed by atoms with E-state index in [-0.39, 0.29) is 5.69 Å². The maximum absolute atomic E-state index is 10.9. The Bertz CT molecular complexity index is 744. The van der Waals surface area contributed by atoms with Crippen molar-refractivity contribution >= 4 is 27.8 Å². The molecule has 1 aromatic carbocycles. The van der Waals surface area contributed by atoms with Crippen LogP contribution in [0, 0.1) is 6.92 Å². The van der Waals surface area contributed by atoms with E-state index >= 15 is 0 Å². The van der Waals surface area contributed by atoms with Crippen LogP contribution in [0.15, 0.2) is 30.3 Å². The minimum absolute atomic E-state index is 0.0709. The molecule has 2 N–H and O–H groups in total. The Labute approximate surface area is 96.9 Å². The Morgan fingerprint density at radius 3 is 2.82 bits per heavy atom. The number of carbonyl (C=O) groups is 1. The molecule has 3 aromatic rings. The number of hydrogen-bond donors (Lipinski definition) is 2. The molecule has 0 radical (unpaired) electrons. The highest BCUT2D eigenvalue weighted by molar-refractivity contribution is 6.09. The minimum atomic E-state index is -1.01. The van der Waals surface area contributed by atoms with Crippen LogP contribution < -0.4 is 0 Å². The third-order valence-electron chi connectivity index (χ3n) is 2.89. The van der Waals surface area contributed by atoms with Gasteiger partial charge in [-0.2, -0.15) is 0 Å². The predicted octanol–water partition coefficient (Wildman–Crippen LogP) is 2.72. The third kappa shape index (κ3) is 1.38. The maximum atomic E-state index is 10.9. The van der Waals surface area contributed by atoms with E-state index in [1.807, 2.05) is 31.2 Å². The van der Waals surface area contributed by atoms with Crippen molar-refractivity contribution in [3.8, 4) is 0 Å². The number of carboxylic acid groups (broad SMARTS) is 1. The SMILES string of the molecule is Cc1nc(C(=O)O)cc2[nH]c3ccccc3c12. The number of H-pyrrole nitrogens is 1. The highest BCUT2D eigenvalue weighted by Gasteiger charge is 2.12. The topological polar surface area (TPSA) is 66.0 Å². The van der Waals surface area contributed by atoms with Gasteiger partial charge in [-0.15, -0.1) is 0 Å². The molecular weight excluding hydrogens is 216 g/mol. The van der Waals surface area contributed by atoms with Gasteiger partial charge in [0.1, 0.15) is 0 Å². The summed E-state index contributed by atoms with van der Waals surface area (Å²) in [6.45, 7) is 1.83. The Hall–Kier alpha value is -2.36. The van der Waals surface area contributed by atoms with Crippen LogP contribution in [0.4, 0.5) is 0 Å². The van der Waals surface area contributed by atoms with Gasteiger partial charge in [0.25, 0.3) is 0 Å². The summed E-state index contributed by atoms with van der Waals surface area (Å²) >= 11 is 0. The van der Waals surface area contributed by atoms with Gasteiger partial charge < -0.3 is 10.1 Å². The minimum Gasteiger partial charge on any atom is -0.477 e. The number of nitrogens with zero attached hydrogens (tertiary/aromatic N) is 1. The zero-order valence-corrected chi connectivity index (χ0v) is 9.19. The van der Waals surface area contributed by atoms with Gasteiger partial charge in [-0.25, -0.2) is 9.78 Å². The quantitative estimate of drug-likeness (QED) is 0.670. The second kappa shape index (κ2) is 3.31. The Balaban J connectivity index is 2.48. The number of aryl methyl sites for hydroxylation is 1. The molecule has 3 rings (SSSR count). The van der Waals surface area contributed by atoms with Gasteiger partial charge in [0.05, 0.1) is 5.52 Å². The average molecular weight is 226 g/mol. The molecule has 84 valence electrons. The number of aromatic amines is 1. The number of aromatic carboxylic acids is 1. The number of benzene rings is 1. The summed E-state index contributed by atoms with van der Waals surface area (Å²) in [5.74, 6) is -1.01. The van der Waals surface area contributed by atoms with Gasteiger partial charge >= 0.3 is 5.97 Å². The maximum Gasteiger partial charge on any atom is 0.354 e. The first-order valence-corrected chi connectivity index (χ1v) is 5.28. The largest absolute Gasteiger partial charge is 0.477 e. The monoisotopic (exact) mass is 226 g/mol. The Kier molecular flexibility index (Phi) is 1.92. The smallest absolute Gasteiger partial charge is 0.354 e. The van der Waals surface area contributed by atoms with Crippen LogP contribution >= 0.6 is 0 Å². The molecule has 0 aliphatic rings. The molecule has 0 aliphatic carbocycles. The molecule has 0 saturated carbocycles. The van der Waals surface area contributed by atoms with Gasteiger partial charge in [0.15, 0.2) is 5.69 Å². The standard InChI is InChI=1S/C13H10N2O2/c1-7-12-8-4-2-3-5-9(8)15-10(12)6-11(14-7)13(16)17/h2-6,15H,1H3,(H,16,17). The summed E-state index contributed by atoms with van der Waals surface area (Å²) in [5.41, 5.74) is 2.62. The van der Waals surface area contributed by atoms with Crippen LogP contribution in [0.5, 0.6) is 0 Å². The van der Waals surface area contributed by atoms with Crippen molar-refractivity contribution in [2.75, 3.05) is 0 Å². The fourth-order valence-corrected chi connectivity index (χ4v) is 2.18. The summed E-state index contributed by atoms with van der Waals surface area (Å²) in [4.78, 5) is 18.3. The zero-order chi connectivity index (χ0) is 12.0. The number of hydrogen-bond acceptors (Lipinski definition) is 2. The van der Waals surface area contributed by atoms with Crippen LogP contribution in [-0.4, -0.2) is 21.0 Å². The first-order chi connectivity index (χ1) is 8.16. The second-order valence-electron chi connectivity index (χ2n) is 3.99. The first-order valence-electron chi connectivity index (χ1n) is 5.28. The zero-order valence-electron chi connectivity index (χ0n) is 9.19. The number of para-hydroxylation sites is 1. The van der Waals surface area contributed by atoms with Gasteiger partial charge in [-0.3, -0.25) is 0 Å². The lowest BCUT2D eigenvalue weighted by Gasteiger charge is -1.99. The summed E-state index contributed by atoms with van der Waals surface area (Å²) in [6, 6.07) is 9.45. The van der Waals surface area contributed by atoms with Crippen molar-refractivity contribution in [2.24, 2.45) is 0 Å². The normalized spacial score (nSPS) is 11.1. The number of carboxylic acids is 1. The number of nitrogens with one attached hydrogen (secondary N) is 1. The molecule has 2 aromatic heterocycles. The van der Waals surface area contributed by atoms with Crippen molar-refractivity contribution in [1.82, 2.24) is 9.97 Å². The predicted molar refractivity (Wildman–Crippen MR) is 65.3 cm³/mol. The summed E-state index contributed by atoms with van der Waals surface area (Å²) in [5, 5.41) is 11.0. The molecular formula is C13H10N2O2. The van der Waals surface area contributed by atoms with Gasteiger partial charge in [-0.1, -0.05) is 18.2 Å². The van der Waals surface area contributed by atoms with Crippen LogP contribution in [0.3, 0.4) is 0 Å². The van der Waals surface area contributed by atoms with Crippen LogP contribution in [0.2, 0.25) is 0 Å². The van der Waals surface area contributed by atoms with E-state index in [0.717, 1.165) is 27.5 Å². The van der Waals surface area contributed by atoms with E-state index in [0.29, 0.717) is 0 Å². The molecule has 0 unspecified atom stereocenters. The van der Waals surface area contributed by atoms with E-state index in [2.05, 4.69) is 9.97 Å². The van der Waals surface area contributed by atoms with Crippen molar-refractivity contribution < 1.29 is 9.90 Å². The fourth-order valence-electron chi connectivity index (χ4n) is 2.18. The summed E-state index contributed by atoms with van der Waals surface area (Å²) in [6.07, 6.45) is 0. The van der Waals surface area contributed by atoms with E-state index in [4.69, 9.17) is 5.11 Å². The molecule has 0 amide bonds. The molecule has 0 bridgehead atoms. The fraction of sp³-hybridized carbons (Fsp3) is 0.0769. The van der Waals surface area contributed by atoms with Gasteiger partial charge in [0, 0.05) is 22.0 Å². The molecule has 0 spiro atoms. The molecule has 0 atom stereocenters. The number of rotatable bonds is 1. The lowest BCUT2D eigenvalue weighted by atomic mass is 10.1. The molecule has 0 aliphatic heterocycles. The van der Waals surface area contributed by atoms with Crippen LogP contribution in [0.25, 0.3) is 21.8 Å². The summed E-state index contributed by atoms with van der Waals surface area (Å²) < 4.78 is 0. The first kappa shape index (κ1) is 9.84. The Morgan fingerprint density at radius 1 is 1.29 bits per heavy atom. The average Bonchev–Trinajstić information content (AvgIpc) is 2.67. The summed E-state index contributed by atoms with van der Waals surface area (Å²) in [7, 11) is 0. The molecule has 2 heterocycles. The van der Waals surface area contributed by atoms with Gasteiger partial charge in [0.2, 0.25) is 0 Å².